The number of hydrogen-bond acceptors (Lipinski definition) is 2. The lowest BCUT2D eigenvalue weighted by Gasteiger charge is -1.94. The van der Waals surface area contributed by atoms with Crippen LogP contribution in [0.25, 0.3) is 0 Å². The zero-order valence-electron chi connectivity index (χ0n) is 6.09. The molecule has 0 aromatic carbocycles. The maximum Gasteiger partial charge on any atom is 0.295 e. The molecule has 0 bridgehead atoms. The average Bonchev–Trinajstić information content (AvgIpc) is 1.93. The average molecular weight is 207 g/mol. The van der Waals surface area contributed by atoms with E-state index < -0.39 is 0 Å². The van der Waals surface area contributed by atoms with Gasteiger partial charge in [0.2, 0.25) is 5.82 Å². The molecule has 6 heteroatoms. The normalized spacial score (nSPS) is 8.75. The summed E-state index contributed by atoms with van der Waals surface area (Å²) in [6, 6.07) is 3.40. The third-order valence-electron chi connectivity index (χ3n) is 1.05. The van der Waals surface area contributed by atoms with E-state index in [4.69, 9.17) is 22.7 Å². The SMILES string of the molecule is N=C(N)[NH2+]c1ccc(Cl)cn1.[Cl-]. The summed E-state index contributed by atoms with van der Waals surface area (Å²) in [5, 5.41) is 8.96. The molecule has 4 nitrogen and oxygen atoms in total. The highest BCUT2D eigenvalue weighted by molar-refractivity contribution is 6.30. The van der Waals surface area contributed by atoms with Crippen LogP contribution in [0.15, 0.2) is 18.3 Å². The van der Waals surface area contributed by atoms with Gasteiger partial charge < -0.3 is 18.1 Å². The Hall–Kier alpha value is -0.840. The summed E-state index contributed by atoms with van der Waals surface area (Å²) < 4.78 is 0. The van der Waals surface area contributed by atoms with E-state index in [0.29, 0.717) is 10.8 Å². The molecule has 0 aliphatic carbocycles. The Kier molecular flexibility index (Phi) is 4.58. The lowest BCUT2D eigenvalue weighted by Crippen LogP contribution is -3.00. The summed E-state index contributed by atoms with van der Waals surface area (Å²) in [5.41, 5.74) is 5.12. The van der Waals surface area contributed by atoms with Crippen molar-refractivity contribution in [2.24, 2.45) is 5.73 Å². The molecule has 1 aromatic rings. The fourth-order valence-electron chi connectivity index (χ4n) is 0.632. The van der Waals surface area contributed by atoms with Crippen LogP contribution in [0, 0.1) is 5.41 Å². The predicted molar refractivity (Wildman–Crippen MR) is 42.7 cm³/mol. The second-order valence-electron chi connectivity index (χ2n) is 2.00. The van der Waals surface area contributed by atoms with E-state index in [0.717, 1.165) is 0 Å². The zero-order valence-corrected chi connectivity index (χ0v) is 7.60. The lowest BCUT2D eigenvalue weighted by atomic mass is 10.4. The van der Waals surface area contributed by atoms with Gasteiger partial charge in [0.15, 0.2) is 0 Å². The molecule has 1 rings (SSSR count). The second kappa shape index (κ2) is 4.92. The first-order valence-corrected chi connectivity index (χ1v) is 3.36. The van der Waals surface area contributed by atoms with Gasteiger partial charge in [-0.25, -0.2) is 15.7 Å². The van der Waals surface area contributed by atoms with Crippen molar-refractivity contribution in [3.05, 3.63) is 23.4 Å². The molecule has 0 saturated carbocycles. The molecule has 0 aliphatic rings. The first-order valence-electron chi connectivity index (χ1n) is 2.99. The van der Waals surface area contributed by atoms with Crippen LogP contribution in [-0.2, 0) is 0 Å². The lowest BCUT2D eigenvalue weighted by molar-refractivity contribution is -0.451. The molecule has 1 aromatic heterocycles. The van der Waals surface area contributed by atoms with Crippen molar-refractivity contribution >= 4 is 23.4 Å². The van der Waals surface area contributed by atoms with Crippen LogP contribution in [0.2, 0.25) is 5.02 Å². The maximum absolute atomic E-state index is 6.93. The predicted octanol–water partition coefficient (Wildman–Crippen LogP) is -3.17. The van der Waals surface area contributed by atoms with Crippen LogP contribution in [0.4, 0.5) is 5.82 Å². The fourth-order valence-corrected chi connectivity index (χ4v) is 0.744. The number of nitrogens with two attached hydrogens (primary N) is 2. The molecule has 12 heavy (non-hydrogen) atoms. The number of quaternary nitrogens is 1. The van der Waals surface area contributed by atoms with E-state index in [-0.39, 0.29) is 18.4 Å². The number of rotatable bonds is 1. The van der Waals surface area contributed by atoms with Crippen molar-refractivity contribution < 1.29 is 17.7 Å². The molecule has 0 aliphatic heterocycles. The fraction of sp³-hybridized carbons (Fsp3) is 0. The first-order chi connectivity index (χ1) is 5.18. The topological polar surface area (TPSA) is 79.4 Å². The van der Waals surface area contributed by atoms with Crippen molar-refractivity contribution in [3.8, 4) is 0 Å². The van der Waals surface area contributed by atoms with Crippen molar-refractivity contribution in [1.29, 1.82) is 5.41 Å². The van der Waals surface area contributed by atoms with Crippen LogP contribution in [-0.4, -0.2) is 10.9 Å². The van der Waals surface area contributed by atoms with Gasteiger partial charge >= 0.3 is 0 Å². The Morgan fingerprint density at radius 1 is 1.58 bits per heavy atom. The standard InChI is InChI=1S/C6H7ClN4.ClH/c7-4-1-2-5(10-3-4)11-6(8)9;/h1-3H,(H4,8,9,10,11);1H. The van der Waals surface area contributed by atoms with Crippen LogP contribution < -0.4 is 23.5 Å². The van der Waals surface area contributed by atoms with E-state index in [1.807, 2.05) is 0 Å². The van der Waals surface area contributed by atoms with Crippen LogP contribution in [0.3, 0.4) is 0 Å². The van der Waals surface area contributed by atoms with Gasteiger partial charge in [-0.3, -0.25) is 0 Å². The highest BCUT2D eigenvalue weighted by Gasteiger charge is 1.98. The summed E-state index contributed by atoms with van der Waals surface area (Å²) >= 11 is 5.59. The van der Waals surface area contributed by atoms with Gasteiger partial charge in [0, 0.05) is 6.07 Å². The number of nitrogens with zero attached hydrogens (tertiary/aromatic N) is 1. The van der Waals surface area contributed by atoms with Crippen LogP contribution in [0.1, 0.15) is 0 Å². The van der Waals surface area contributed by atoms with Crippen LogP contribution >= 0.6 is 11.6 Å². The monoisotopic (exact) mass is 206 g/mol. The van der Waals surface area contributed by atoms with E-state index in [9.17, 15) is 0 Å². The summed E-state index contributed by atoms with van der Waals surface area (Å²) in [7, 11) is 0. The van der Waals surface area contributed by atoms with E-state index >= 15 is 0 Å². The largest absolute Gasteiger partial charge is 1.00 e. The molecule has 0 amide bonds. The number of nitrogens with one attached hydrogen (secondary N) is 1. The van der Waals surface area contributed by atoms with Crippen molar-refractivity contribution in [1.82, 2.24) is 4.98 Å². The molecule has 0 saturated heterocycles. The van der Waals surface area contributed by atoms with Crippen molar-refractivity contribution in [2.75, 3.05) is 0 Å². The zero-order chi connectivity index (χ0) is 8.27. The van der Waals surface area contributed by atoms with E-state index in [2.05, 4.69) is 4.98 Å². The van der Waals surface area contributed by atoms with E-state index in [1.54, 1.807) is 12.1 Å². The third kappa shape index (κ3) is 3.52. The molecular weight excluding hydrogens is 199 g/mol. The highest BCUT2D eigenvalue weighted by Crippen LogP contribution is 2.05. The Bertz CT molecular complexity index is 259. The number of guanidine groups is 1. The van der Waals surface area contributed by atoms with E-state index in [1.165, 1.54) is 11.5 Å². The molecule has 0 radical (unpaired) electrons. The Labute approximate surface area is 81.0 Å². The molecule has 0 atom stereocenters. The van der Waals surface area contributed by atoms with Gasteiger partial charge in [-0.2, -0.15) is 0 Å². The third-order valence-corrected chi connectivity index (χ3v) is 1.28. The minimum atomic E-state index is -0.0141. The van der Waals surface area contributed by atoms with Gasteiger partial charge in [-0.15, -0.1) is 0 Å². The number of halogens is 2. The quantitative estimate of drug-likeness (QED) is 0.335. The smallest absolute Gasteiger partial charge is 0.295 e. The van der Waals surface area contributed by atoms with Gasteiger partial charge in [0.05, 0.1) is 11.2 Å². The van der Waals surface area contributed by atoms with Crippen molar-refractivity contribution in [3.63, 3.8) is 0 Å². The number of aromatic nitrogens is 1. The maximum atomic E-state index is 6.93. The molecule has 0 fully saturated rings. The Balaban J connectivity index is 0.00000121. The van der Waals surface area contributed by atoms with Crippen molar-refractivity contribution in [2.45, 2.75) is 0 Å². The van der Waals surface area contributed by atoms with Gasteiger partial charge in [0.1, 0.15) is 0 Å². The number of pyridine rings is 1. The summed E-state index contributed by atoms with van der Waals surface area (Å²) in [5.74, 6) is 0.627. The Morgan fingerprint density at radius 2 is 2.25 bits per heavy atom. The molecule has 66 valence electrons. The first kappa shape index (κ1) is 11.2. The summed E-state index contributed by atoms with van der Waals surface area (Å²) in [4.78, 5) is 3.91. The minimum absolute atomic E-state index is 0. The Morgan fingerprint density at radius 3 is 2.67 bits per heavy atom. The second-order valence-corrected chi connectivity index (χ2v) is 2.44. The molecule has 5 N–H and O–H groups in total. The molecule has 0 unspecified atom stereocenters. The highest BCUT2D eigenvalue weighted by atomic mass is 35.5. The van der Waals surface area contributed by atoms with Crippen LogP contribution in [0.5, 0.6) is 0 Å². The van der Waals surface area contributed by atoms with Gasteiger partial charge in [0.25, 0.3) is 5.96 Å². The summed E-state index contributed by atoms with van der Waals surface area (Å²) in [6.07, 6.45) is 1.51. The minimum Gasteiger partial charge on any atom is -1.00 e. The molecule has 0 spiro atoms. The molecular formula is C6H8Cl2N4. The number of hydrogen-bond donors (Lipinski definition) is 3. The van der Waals surface area contributed by atoms with Gasteiger partial charge in [-0.05, 0) is 6.07 Å². The van der Waals surface area contributed by atoms with Gasteiger partial charge in [-0.1, -0.05) is 11.6 Å². The summed E-state index contributed by atoms with van der Waals surface area (Å²) in [6.45, 7) is 0. The molecule has 1 heterocycles.